The van der Waals surface area contributed by atoms with Gasteiger partial charge in [-0.25, -0.2) is 0 Å². The highest BCUT2D eigenvalue weighted by Crippen LogP contribution is 2.18. The number of hydrogen-bond acceptors (Lipinski definition) is 6. The van der Waals surface area contributed by atoms with E-state index in [1.807, 2.05) is 18.2 Å². The van der Waals surface area contributed by atoms with Gasteiger partial charge in [-0.3, -0.25) is 14.7 Å². The molecular weight excluding hydrogens is 378 g/mol. The van der Waals surface area contributed by atoms with E-state index < -0.39 is 0 Å². The molecule has 1 fully saturated rings. The highest BCUT2D eigenvalue weighted by molar-refractivity contribution is 5.59. The normalized spacial score (nSPS) is 14.9. The summed E-state index contributed by atoms with van der Waals surface area (Å²) in [7, 11) is 1.61. The molecule has 1 N–H and O–H groups in total. The molecule has 4 rings (SSSR count). The van der Waals surface area contributed by atoms with E-state index in [4.69, 9.17) is 4.74 Å². The van der Waals surface area contributed by atoms with Crippen LogP contribution in [0.15, 0.2) is 65.5 Å². The number of hydrogen-bond donors (Lipinski definition) is 1. The van der Waals surface area contributed by atoms with E-state index in [2.05, 4.69) is 49.3 Å². The summed E-state index contributed by atoms with van der Waals surface area (Å²) >= 11 is 0. The summed E-state index contributed by atoms with van der Waals surface area (Å²) in [5, 5.41) is 8.45. The van der Waals surface area contributed by atoms with Gasteiger partial charge in [-0.15, -0.1) is 10.2 Å². The summed E-state index contributed by atoms with van der Waals surface area (Å²) in [5.74, 6) is 1.26. The quantitative estimate of drug-likeness (QED) is 0.682. The van der Waals surface area contributed by atoms with E-state index in [-0.39, 0.29) is 5.56 Å². The Labute approximate surface area is 175 Å². The van der Waals surface area contributed by atoms with Crippen LogP contribution in [-0.2, 0) is 0 Å². The lowest BCUT2D eigenvalue weighted by Crippen LogP contribution is -2.47. The lowest BCUT2D eigenvalue weighted by Gasteiger charge is -2.34. The number of benzene rings is 2. The van der Waals surface area contributed by atoms with Crippen LogP contribution in [0.25, 0.3) is 17.3 Å². The minimum Gasteiger partial charge on any atom is -0.497 e. The number of aromatic amines is 1. The van der Waals surface area contributed by atoms with Gasteiger partial charge in [0.2, 0.25) is 5.95 Å². The van der Waals surface area contributed by atoms with Gasteiger partial charge in [0.15, 0.2) is 5.69 Å². The number of nitrogens with zero attached hydrogens (tertiary/aromatic N) is 4. The highest BCUT2D eigenvalue weighted by Gasteiger charge is 2.19. The lowest BCUT2D eigenvalue weighted by atomic mass is 10.1. The van der Waals surface area contributed by atoms with Crippen LogP contribution >= 0.6 is 0 Å². The van der Waals surface area contributed by atoms with Crippen molar-refractivity contribution in [3.05, 3.63) is 76.6 Å². The summed E-state index contributed by atoms with van der Waals surface area (Å²) in [6.07, 6.45) is 4.34. The van der Waals surface area contributed by atoms with Gasteiger partial charge in [-0.2, -0.15) is 0 Å². The lowest BCUT2D eigenvalue weighted by molar-refractivity contribution is 0.282. The zero-order valence-corrected chi connectivity index (χ0v) is 17.0. The third kappa shape index (κ3) is 4.75. The van der Waals surface area contributed by atoms with Gasteiger partial charge < -0.3 is 9.64 Å². The van der Waals surface area contributed by atoms with E-state index in [0.29, 0.717) is 17.2 Å². The number of ether oxygens (including phenoxy) is 1. The second-order valence-corrected chi connectivity index (χ2v) is 7.16. The number of H-pyrrole nitrogens is 1. The molecule has 2 heterocycles. The Hall–Kier alpha value is -3.45. The van der Waals surface area contributed by atoms with Gasteiger partial charge in [-0.1, -0.05) is 42.5 Å². The molecule has 1 saturated heterocycles. The molecule has 2 aromatic carbocycles. The molecule has 0 unspecified atom stereocenters. The molecule has 7 heteroatoms. The van der Waals surface area contributed by atoms with Crippen LogP contribution in [-0.4, -0.2) is 59.9 Å². The molecule has 30 heavy (non-hydrogen) atoms. The summed E-state index contributed by atoms with van der Waals surface area (Å²) in [6.45, 7) is 4.31. The van der Waals surface area contributed by atoms with Crippen molar-refractivity contribution < 1.29 is 4.74 Å². The van der Waals surface area contributed by atoms with Crippen molar-refractivity contribution >= 4 is 12.0 Å². The number of piperazine rings is 1. The first kappa shape index (κ1) is 19.8. The van der Waals surface area contributed by atoms with Crippen LogP contribution in [0, 0.1) is 0 Å². The minimum absolute atomic E-state index is 0.238. The SMILES string of the molecule is COc1ccc(-c2nnc(N3CCN(C/C=C/c4ccccc4)CC3)[nH]c2=O)cc1. The van der Waals surface area contributed by atoms with Crippen molar-refractivity contribution in [1.29, 1.82) is 0 Å². The first-order valence-electron chi connectivity index (χ1n) is 10.0. The fourth-order valence-electron chi connectivity index (χ4n) is 3.45. The molecule has 3 aromatic rings. The summed E-state index contributed by atoms with van der Waals surface area (Å²) < 4.78 is 5.15. The third-order valence-corrected chi connectivity index (χ3v) is 5.19. The third-order valence-electron chi connectivity index (χ3n) is 5.19. The summed E-state index contributed by atoms with van der Waals surface area (Å²) in [4.78, 5) is 19.9. The number of aromatic nitrogens is 3. The Balaban J connectivity index is 1.35. The van der Waals surface area contributed by atoms with Crippen molar-refractivity contribution in [2.75, 3.05) is 44.7 Å². The van der Waals surface area contributed by atoms with E-state index >= 15 is 0 Å². The topological polar surface area (TPSA) is 74.4 Å². The van der Waals surface area contributed by atoms with Crippen molar-refractivity contribution in [2.45, 2.75) is 0 Å². The molecule has 0 spiro atoms. The zero-order chi connectivity index (χ0) is 20.8. The molecule has 1 aliphatic heterocycles. The second-order valence-electron chi connectivity index (χ2n) is 7.16. The zero-order valence-electron chi connectivity index (χ0n) is 17.0. The van der Waals surface area contributed by atoms with Crippen molar-refractivity contribution in [3.8, 4) is 17.0 Å². The monoisotopic (exact) mass is 403 g/mol. The van der Waals surface area contributed by atoms with Gasteiger partial charge in [-0.05, 0) is 29.8 Å². The van der Waals surface area contributed by atoms with Crippen LogP contribution < -0.4 is 15.2 Å². The molecule has 0 amide bonds. The number of anilines is 1. The molecule has 0 aliphatic carbocycles. The maximum Gasteiger partial charge on any atom is 0.279 e. The van der Waals surface area contributed by atoms with Crippen LogP contribution in [0.3, 0.4) is 0 Å². The molecule has 1 aliphatic rings. The van der Waals surface area contributed by atoms with Crippen LogP contribution in [0.2, 0.25) is 0 Å². The van der Waals surface area contributed by atoms with Gasteiger partial charge in [0.25, 0.3) is 5.56 Å². The molecule has 7 nitrogen and oxygen atoms in total. The Morgan fingerprint density at radius 3 is 2.40 bits per heavy atom. The largest absolute Gasteiger partial charge is 0.497 e. The smallest absolute Gasteiger partial charge is 0.279 e. The first-order chi connectivity index (χ1) is 14.7. The van der Waals surface area contributed by atoms with Crippen molar-refractivity contribution in [1.82, 2.24) is 20.1 Å². The fourth-order valence-corrected chi connectivity index (χ4v) is 3.45. The van der Waals surface area contributed by atoms with E-state index in [0.717, 1.165) is 38.5 Å². The number of rotatable bonds is 6. The molecule has 1 aromatic heterocycles. The Morgan fingerprint density at radius 1 is 1.00 bits per heavy atom. The van der Waals surface area contributed by atoms with Crippen molar-refractivity contribution in [3.63, 3.8) is 0 Å². The molecule has 154 valence electrons. The summed E-state index contributed by atoms with van der Waals surface area (Å²) in [6, 6.07) is 17.5. The Morgan fingerprint density at radius 2 is 1.73 bits per heavy atom. The predicted molar refractivity (Wildman–Crippen MR) is 119 cm³/mol. The van der Waals surface area contributed by atoms with Crippen LogP contribution in [0.4, 0.5) is 5.95 Å². The van der Waals surface area contributed by atoms with E-state index in [1.165, 1.54) is 5.56 Å². The molecule has 0 radical (unpaired) electrons. The standard InChI is InChI=1S/C23H25N5O2/c1-30-20-11-9-19(10-12-20)21-22(29)24-23(26-25-21)28-16-14-27(15-17-28)13-5-8-18-6-3-2-4-7-18/h2-12H,13-17H2,1H3,(H,24,26,29)/b8-5+. The van der Waals surface area contributed by atoms with E-state index in [9.17, 15) is 4.79 Å². The van der Waals surface area contributed by atoms with Gasteiger partial charge in [0, 0.05) is 38.3 Å². The van der Waals surface area contributed by atoms with E-state index in [1.54, 1.807) is 31.4 Å². The van der Waals surface area contributed by atoms with Gasteiger partial charge >= 0.3 is 0 Å². The average Bonchev–Trinajstić information content (AvgIpc) is 2.80. The van der Waals surface area contributed by atoms with Crippen LogP contribution in [0.5, 0.6) is 5.75 Å². The van der Waals surface area contributed by atoms with Crippen molar-refractivity contribution in [2.24, 2.45) is 0 Å². The molecule has 0 saturated carbocycles. The number of nitrogens with one attached hydrogen (secondary N) is 1. The number of methoxy groups -OCH3 is 1. The maximum atomic E-state index is 12.5. The van der Waals surface area contributed by atoms with Gasteiger partial charge in [0.05, 0.1) is 7.11 Å². The average molecular weight is 403 g/mol. The maximum absolute atomic E-state index is 12.5. The fraction of sp³-hybridized carbons (Fsp3) is 0.261. The highest BCUT2D eigenvalue weighted by atomic mass is 16.5. The first-order valence-corrected chi connectivity index (χ1v) is 10.0. The summed E-state index contributed by atoms with van der Waals surface area (Å²) in [5.41, 5.74) is 2.00. The molecular formula is C23H25N5O2. The second kappa shape index (κ2) is 9.37. The van der Waals surface area contributed by atoms with Crippen LogP contribution in [0.1, 0.15) is 5.56 Å². The van der Waals surface area contributed by atoms with Gasteiger partial charge in [0.1, 0.15) is 5.75 Å². The Kier molecular flexibility index (Phi) is 6.20. The minimum atomic E-state index is -0.238. The Bertz CT molecular complexity index is 1040. The molecule has 0 atom stereocenters. The predicted octanol–water partition coefficient (Wildman–Crippen LogP) is 2.68. The molecule has 0 bridgehead atoms.